The average molecular weight is 282 g/mol. The Kier molecular flexibility index (Phi) is 4.82. The predicted octanol–water partition coefficient (Wildman–Crippen LogP) is 5.21. The first-order valence-electron chi connectivity index (χ1n) is 7.84. The highest BCUT2D eigenvalue weighted by molar-refractivity contribution is 5.92. The standard InChI is InChI=1S/C20H26O/c1-15(2)11-17-8-5-16(6-9-17)7-10-18-12-19(21)14-20(3,4)13-18/h5-10,12,15H,11,13-14H2,1-4H3. The van der Waals surface area contributed by atoms with Gasteiger partial charge in [0.2, 0.25) is 0 Å². The smallest absolute Gasteiger partial charge is 0.156 e. The summed E-state index contributed by atoms with van der Waals surface area (Å²) in [6.45, 7) is 8.79. The minimum atomic E-state index is 0.0899. The first-order valence-corrected chi connectivity index (χ1v) is 7.84. The highest BCUT2D eigenvalue weighted by atomic mass is 16.1. The summed E-state index contributed by atoms with van der Waals surface area (Å²) in [7, 11) is 0. The first-order chi connectivity index (χ1) is 9.84. The summed E-state index contributed by atoms with van der Waals surface area (Å²) in [5.74, 6) is 0.935. The van der Waals surface area contributed by atoms with Crippen LogP contribution in [0.1, 0.15) is 51.7 Å². The SMILES string of the molecule is CC(C)Cc1ccc(C=CC2=CC(=O)CC(C)(C)C2)cc1. The number of rotatable bonds is 4. The van der Waals surface area contributed by atoms with Gasteiger partial charge in [0.25, 0.3) is 0 Å². The second kappa shape index (κ2) is 6.43. The Hall–Kier alpha value is -1.63. The Bertz CT molecular complexity index is 556. The summed E-state index contributed by atoms with van der Waals surface area (Å²) < 4.78 is 0. The Labute approximate surface area is 128 Å². The molecule has 0 saturated carbocycles. The highest BCUT2D eigenvalue weighted by Gasteiger charge is 2.26. The van der Waals surface area contributed by atoms with Gasteiger partial charge in [0.05, 0.1) is 0 Å². The maximum absolute atomic E-state index is 11.7. The highest BCUT2D eigenvalue weighted by Crippen LogP contribution is 2.34. The van der Waals surface area contributed by atoms with Crippen LogP contribution in [0, 0.1) is 11.3 Å². The molecule has 0 aliphatic heterocycles. The Balaban J connectivity index is 2.06. The molecule has 0 amide bonds. The van der Waals surface area contributed by atoms with Crippen LogP contribution in [0.2, 0.25) is 0 Å². The van der Waals surface area contributed by atoms with E-state index in [4.69, 9.17) is 0 Å². The van der Waals surface area contributed by atoms with Crippen LogP contribution in [-0.4, -0.2) is 5.78 Å². The van der Waals surface area contributed by atoms with Crippen molar-refractivity contribution in [1.29, 1.82) is 0 Å². The molecule has 0 aromatic heterocycles. The minimum absolute atomic E-state index is 0.0899. The van der Waals surface area contributed by atoms with E-state index < -0.39 is 0 Å². The second-order valence-corrected chi connectivity index (χ2v) is 7.38. The van der Waals surface area contributed by atoms with E-state index >= 15 is 0 Å². The number of hydrogen-bond donors (Lipinski definition) is 0. The molecule has 21 heavy (non-hydrogen) atoms. The molecule has 1 heteroatoms. The van der Waals surface area contributed by atoms with Crippen LogP contribution in [0.15, 0.2) is 42.0 Å². The summed E-state index contributed by atoms with van der Waals surface area (Å²) in [6.07, 6.45) is 8.76. The van der Waals surface area contributed by atoms with Crippen molar-refractivity contribution < 1.29 is 4.79 Å². The zero-order valence-corrected chi connectivity index (χ0v) is 13.6. The molecule has 0 heterocycles. The molecule has 0 N–H and O–H groups in total. The molecule has 0 radical (unpaired) electrons. The van der Waals surface area contributed by atoms with Crippen molar-refractivity contribution in [1.82, 2.24) is 0 Å². The molecular formula is C20H26O. The van der Waals surface area contributed by atoms with Crippen molar-refractivity contribution in [3.63, 3.8) is 0 Å². The zero-order valence-electron chi connectivity index (χ0n) is 13.6. The summed E-state index contributed by atoms with van der Waals surface area (Å²) in [4.78, 5) is 11.7. The quantitative estimate of drug-likeness (QED) is 0.740. The molecule has 1 aliphatic rings. The fraction of sp³-hybridized carbons (Fsp3) is 0.450. The van der Waals surface area contributed by atoms with Crippen LogP contribution in [0.4, 0.5) is 0 Å². The van der Waals surface area contributed by atoms with Gasteiger partial charge >= 0.3 is 0 Å². The molecule has 1 aromatic rings. The molecular weight excluding hydrogens is 256 g/mol. The summed E-state index contributed by atoms with van der Waals surface area (Å²) >= 11 is 0. The molecule has 0 saturated heterocycles. The third-order valence-corrected chi connectivity index (χ3v) is 3.80. The van der Waals surface area contributed by atoms with Gasteiger partial charge < -0.3 is 0 Å². The second-order valence-electron chi connectivity index (χ2n) is 7.38. The Morgan fingerprint density at radius 1 is 1.10 bits per heavy atom. The van der Waals surface area contributed by atoms with Crippen molar-refractivity contribution >= 4 is 11.9 Å². The molecule has 1 aromatic carbocycles. The van der Waals surface area contributed by atoms with E-state index in [1.807, 2.05) is 0 Å². The van der Waals surface area contributed by atoms with E-state index in [1.165, 1.54) is 11.1 Å². The molecule has 2 rings (SSSR count). The van der Waals surface area contributed by atoms with Crippen molar-refractivity contribution in [2.45, 2.75) is 47.0 Å². The molecule has 1 nitrogen and oxygen atoms in total. The lowest BCUT2D eigenvalue weighted by Crippen LogP contribution is -2.21. The molecule has 0 fully saturated rings. The molecule has 0 unspecified atom stereocenters. The predicted molar refractivity (Wildman–Crippen MR) is 90.1 cm³/mol. The fourth-order valence-electron chi connectivity index (χ4n) is 2.94. The van der Waals surface area contributed by atoms with E-state index in [0.717, 1.165) is 18.4 Å². The van der Waals surface area contributed by atoms with Gasteiger partial charge in [0.15, 0.2) is 5.78 Å². The van der Waals surface area contributed by atoms with E-state index in [9.17, 15) is 4.79 Å². The average Bonchev–Trinajstić information content (AvgIpc) is 2.35. The van der Waals surface area contributed by atoms with Crippen molar-refractivity contribution in [2.24, 2.45) is 11.3 Å². The van der Waals surface area contributed by atoms with Gasteiger partial charge in [-0.3, -0.25) is 4.79 Å². The van der Waals surface area contributed by atoms with Gasteiger partial charge in [0.1, 0.15) is 0 Å². The number of ketones is 1. The van der Waals surface area contributed by atoms with Crippen molar-refractivity contribution in [3.8, 4) is 0 Å². The maximum Gasteiger partial charge on any atom is 0.156 e. The topological polar surface area (TPSA) is 17.1 Å². The third-order valence-electron chi connectivity index (χ3n) is 3.80. The van der Waals surface area contributed by atoms with E-state index in [1.54, 1.807) is 6.08 Å². The Morgan fingerprint density at radius 3 is 2.33 bits per heavy atom. The Morgan fingerprint density at radius 2 is 1.76 bits per heavy atom. The number of carbonyl (C=O) groups excluding carboxylic acids is 1. The molecule has 0 bridgehead atoms. The van der Waals surface area contributed by atoms with Gasteiger partial charge in [-0.2, -0.15) is 0 Å². The minimum Gasteiger partial charge on any atom is -0.295 e. The van der Waals surface area contributed by atoms with E-state index in [2.05, 4.69) is 64.1 Å². The van der Waals surface area contributed by atoms with Crippen LogP contribution < -0.4 is 0 Å². The first kappa shape index (κ1) is 15.8. The van der Waals surface area contributed by atoms with Gasteiger partial charge in [-0.1, -0.05) is 64.1 Å². The lowest BCUT2D eigenvalue weighted by molar-refractivity contribution is -0.116. The van der Waals surface area contributed by atoms with Crippen molar-refractivity contribution in [3.05, 3.63) is 53.1 Å². The number of carbonyl (C=O) groups is 1. The van der Waals surface area contributed by atoms with Crippen LogP contribution in [0.5, 0.6) is 0 Å². The lowest BCUT2D eigenvalue weighted by Gasteiger charge is -2.27. The fourth-order valence-corrected chi connectivity index (χ4v) is 2.94. The summed E-state index contributed by atoms with van der Waals surface area (Å²) in [5.41, 5.74) is 3.81. The molecule has 0 atom stereocenters. The van der Waals surface area contributed by atoms with E-state index in [-0.39, 0.29) is 11.2 Å². The normalized spacial score (nSPS) is 18.3. The lowest BCUT2D eigenvalue weighted by atomic mass is 9.77. The summed E-state index contributed by atoms with van der Waals surface area (Å²) in [5, 5.41) is 0. The number of benzene rings is 1. The van der Waals surface area contributed by atoms with Crippen LogP contribution in [0.3, 0.4) is 0 Å². The van der Waals surface area contributed by atoms with Gasteiger partial charge in [-0.15, -0.1) is 0 Å². The molecule has 0 spiro atoms. The van der Waals surface area contributed by atoms with Crippen LogP contribution in [0.25, 0.3) is 6.08 Å². The zero-order chi connectivity index (χ0) is 15.5. The molecule has 112 valence electrons. The number of hydrogen-bond acceptors (Lipinski definition) is 1. The monoisotopic (exact) mass is 282 g/mol. The van der Waals surface area contributed by atoms with Gasteiger partial charge in [-0.05, 0) is 47.0 Å². The van der Waals surface area contributed by atoms with E-state index in [0.29, 0.717) is 12.3 Å². The summed E-state index contributed by atoms with van der Waals surface area (Å²) in [6, 6.07) is 8.71. The third kappa shape index (κ3) is 5.00. The van der Waals surface area contributed by atoms with Crippen LogP contribution in [-0.2, 0) is 11.2 Å². The largest absolute Gasteiger partial charge is 0.295 e. The van der Waals surface area contributed by atoms with Crippen molar-refractivity contribution in [2.75, 3.05) is 0 Å². The van der Waals surface area contributed by atoms with Gasteiger partial charge in [0, 0.05) is 6.42 Å². The maximum atomic E-state index is 11.7. The van der Waals surface area contributed by atoms with Crippen LogP contribution >= 0.6 is 0 Å². The molecule has 1 aliphatic carbocycles. The number of allylic oxidation sites excluding steroid dienone is 3. The van der Waals surface area contributed by atoms with Gasteiger partial charge in [-0.25, -0.2) is 0 Å².